The number of aromatic nitrogens is 3. The summed E-state index contributed by atoms with van der Waals surface area (Å²) in [5.74, 6) is 0.302. The number of imidazole rings is 1. The number of amides is 1. The SMILES string of the molecule is Cc1cc2c(cc1Cl)nc(N(C(=O)C1CCNCC1)[C@@H]1CCOC1)n2-c1ccc(C(F)(F)F)cn1. The molecule has 2 saturated heterocycles. The van der Waals surface area contributed by atoms with Gasteiger partial charge in [-0.1, -0.05) is 11.6 Å². The number of carbonyl (C=O) groups is 1. The number of hydrogen-bond acceptors (Lipinski definition) is 5. The molecule has 0 radical (unpaired) electrons. The lowest BCUT2D eigenvalue weighted by molar-refractivity contribution is -0.137. The summed E-state index contributed by atoms with van der Waals surface area (Å²) in [6.07, 6.45) is -1.67. The number of nitrogens with zero attached hydrogens (tertiary/aromatic N) is 4. The number of rotatable bonds is 4. The normalized spacial score (nSPS) is 19.4. The fraction of sp³-hybridized carbons (Fsp3) is 0.458. The minimum Gasteiger partial charge on any atom is -0.379 e. The van der Waals surface area contributed by atoms with E-state index in [4.69, 9.17) is 21.3 Å². The molecule has 1 N–H and O–H groups in total. The van der Waals surface area contributed by atoms with Crippen LogP contribution >= 0.6 is 11.6 Å². The molecule has 5 rings (SSSR count). The van der Waals surface area contributed by atoms with Gasteiger partial charge < -0.3 is 10.1 Å². The predicted molar refractivity (Wildman–Crippen MR) is 126 cm³/mol. The predicted octanol–water partition coefficient (Wildman–Crippen LogP) is 4.52. The van der Waals surface area contributed by atoms with E-state index in [1.807, 2.05) is 13.0 Å². The molecule has 2 aromatic heterocycles. The third-order valence-electron chi connectivity index (χ3n) is 6.63. The van der Waals surface area contributed by atoms with E-state index in [-0.39, 0.29) is 23.7 Å². The van der Waals surface area contributed by atoms with Crippen LogP contribution in [-0.4, -0.2) is 52.8 Å². The van der Waals surface area contributed by atoms with Gasteiger partial charge >= 0.3 is 6.18 Å². The Hall–Kier alpha value is -2.69. The Morgan fingerprint density at radius 1 is 1.23 bits per heavy atom. The molecule has 0 unspecified atom stereocenters. The minimum absolute atomic E-state index is 0.0618. The summed E-state index contributed by atoms with van der Waals surface area (Å²) in [4.78, 5) is 24.4. The fourth-order valence-electron chi connectivity index (χ4n) is 4.70. The lowest BCUT2D eigenvalue weighted by atomic mass is 9.96. The van der Waals surface area contributed by atoms with Gasteiger partial charge in [-0.3, -0.25) is 14.3 Å². The number of piperidine rings is 1. The Morgan fingerprint density at radius 3 is 2.63 bits per heavy atom. The number of anilines is 1. The molecule has 11 heteroatoms. The van der Waals surface area contributed by atoms with E-state index in [9.17, 15) is 18.0 Å². The number of ether oxygens (including phenoxy) is 1. The van der Waals surface area contributed by atoms with Crippen molar-refractivity contribution in [2.24, 2.45) is 5.92 Å². The van der Waals surface area contributed by atoms with Crippen LogP contribution in [0, 0.1) is 12.8 Å². The number of halogens is 4. The molecule has 35 heavy (non-hydrogen) atoms. The molecule has 0 spiro atoms. The van der Waals surface area contributed by atoms with Gasteiger partial charge in [-0.25, -0.2) is 9.97 Å². The monoisotopic (exact) mass is 507 g/mol. The molecular formula is C24H25ClF3N5O2. The van der Waals surface area contributed by atoms with Crippen molar-refractivity contribution in [3.8, 4) is 5.82 Å². The smallest absolute Gasteiger partial charge is 0.379 e. The second-order valence-corrected chi connectivity index (χ2v) is 9.40. The molecule has 0 aliphatic carbocycles. The zero-order valence-electron chi connectivity index (χ0n) is 19.1. The van der Waals surface area contributed by atoms with Crippen molar-refractivity contribution in [3.05, 3.63) is 46.6 Å². The van der Waals surface area contributed by atoms with Crippen molar-refractivity contribution in [1.29, 1.82) is 0 Å². The highest BCUT2D eigenvalue weighted by Crippen LogP contribution is 2.35. The molecule has 2 fully saturated rings. The summed E-state index contributed by atoms with van der Waals surface area (Å²) in [5, 5.41) is 3.78. The summed E-state index contributed by atoms with van der Waals surface area (Å²) in [7, 11) is 0. The van der Waals surface area contributed by atoms with Crippen LogP contribution in [0.4, 0.5) is 19.1 Å². The van der Waals surface area contributed by atoms with Gasteiger partial charge in [0, 0.05) is 23.7 Å². The Labute approximate surface area is 205 Å². The van der Waals surface area contributed by atoms with Crippen molar-refractivity contribution in [3.63, 3.8) is 0 Å². The molecule has 4 heterocycles. The highest BCUT2D eigenvalue weighted by Gasteiger charge is 2.37. The quantitative estimate of drug-likeness (QED) is 0.562. The van der Waals surface area contributed by atoms with Gasteiger partial charge in [0.05, 0.1) is 29.2 Å². The fourth-order valence-corrected chi connectivity index (χ4v) is 4.85. The molecule has 0 saturated carbocycles. The number of aryl methyl sites for hydroxylation is 1. The maximum absolute atomic E-state index is 13.9. The molecule has 2 aliphatic heterocycles. The van der Waals surface area contributed by atoms with Gasteiger partial charge in [0.2, 0.25) is 11.9 Å². The first-order valence-corrected chi connectivity index (χ1v) is 12.0. The van der Waals surface area contributed by atoms with Crippen LogP contribution in [0.2, 0.25) is 5.02 Å². The first-order valence-electron chi connectivity index (χ1n) is 11.6. The Bertz CT molecular complexity index is 1230. The number of hydrogen-bond donors (Lipinski definition) is 1. The first-order chi connectivity index (χ1) is 16.7. The molecule has 0 bridgehead atoms. The zero-order valence-corrected chi connectivity index (χ0v) is 19.9. The van der Waals surface area contributed by atoms with Crippen molar-refractivity contribution >= 4 is 34.5 Å². The number of alkyl halides is 3. The van der Waals surface area contributed by atoms with Crippen LogP contribution < -0.4 is 10.2 Å². The van der Waals surface area contributed by atoms with Crippen molar-refractivity contribution < 1.29 is 22.7 Å². The van der Waals surface area contributed by atoms with Crippen LogP contribution in [-0.2, 0) is 15.7 Å². The molecule has 7 nitrogen and oxygen atoms in total. The van der Waals surface area contributed by atoms with Crippen LogP contribution in [0.15, 0.2) is 30.5 Å². The second kappa shape index (κ2) is 9.40. The second-order valence-electron chi connectivity index (χ2n) is 8.99. The first kappa shape index (κ1) is 24.0. The maximum Gasteiger partial charge on any atom is 0.417 e. The maximum atomic E-state index is 13.9. The summed E-state index contributed by atoms with van der Waals surface area (Å²) < 4.78 is 46.8. The van der Waals surface area contributed by atoms with Gasteiger partial charge in [-0.2, -0.15) is 13.2 Å². The molecule has 2 aliphatic rings. The highest BCUT2D eigenvalue weighted by atomic mass is 35.5. The molecule has 1 amide bonds. The Balaban J connectivity index is 1.69. The van der Waals surface area contributed by atoms with E-state index < -0.39 is 11.7 Å². The van der Waals surface area contributed by atoms with Gasteiger partial charge in [0.15, 0.2) is 0 Å². The van der Waals surface area contributed by atoms with E-state index >= 15 is 0 Å². The van der Waals surface area contributed by atoms with E-state index in [2.05, 4.69) is 10.3 Å². The van der Waals surface area contributed by atoms with Crippen LogP contribution in [0.25, 0.3) is 16.9 Å². The standard InChI is InChI=1S/C24H25ClF3N5O2/c1-14-10-20-19(11-18(14)25)31-23(33(20)21-3-2-16(12-30-21)24(26,27)28)32(17-6-9-35-13-17)22(34)15-4-7-29-8-5-15/h2-3,10-12,15,17,29H,4-9,13H2,1H3/t17-/m1/s1. The van der Waals surface area contributed by atoms with Crippen LogP contribution in [0.5, 0.6) is 0 Å². The average Bonchev–Trinajstić information content (AvgIpc) is 3.48. The van der Waals surface area contributed by atoms with Crippen molar-refractivity contribution in [1.82, 2.24) is 19.9 Å². The number of carbonyl (C=O) groups excluding carboxylic acids is 1. The van der Waals surface area contributed by atoms with E-state index in [0.717, 1.165) is 30.9 Å². The Kier molecular flexibility index (Phi) is 6.45. The summed E-state index contributed by atoms with van der Waals surface area (Å²) >= 11 is 6.36. The molecule has 1 atom stereocenters. The van der Waals surface area contributed by atoms with Gasteiger partial charge in [-0.15, -0.1) is 0 Å². The van der Waals surface area contributed by atoms with Crippen molar-refractivity contribution in [2.75, 3.05) is 31.2 Å². The number of nitrogens with one attached hydrogen (secondary N) is 1. The summed E-state index contributed by atoms with van der Waals surface area (Å²) in [6.45, 7) is 4.21. The Morgan fingerprint density at radius 2 is 2.00 bits per heavy atom. The average molecular weight is 508 g/mol. The molecule has 186 valence electrons. The van der Waals surface area contributed by atoms with Crippen molar-refractivity contribution in [2.45, 2.75) is 38.4 Å². The van der Waals surface area contributed by atoms with Gasteiger partial charge in [0.1, 0.15) is 5.82 Å². The van der Waals surface area contributed by atoms with Crippen LogP contribution in [0.1, 0.15) is 30.4 Å². The topological polar surface area (TPSA) is 72.3 Å². The number of fused-ring (bicyclic) bond motifs is 1. The minimum atomic E-state index is -4.51. The summed E-state index contributed by atoms with van der Waals surface area (Å²) in [5.41, 5.74) is 1.06. The van der Waals surface area contributed by atoms with Crippen LogP contribution in [0.3, 0.4) is 0 Å². The van der Waals surface area contributed by atoms with Gasteiger partial charge in [-0.05, 0) is 69.1 Å². The van der Waals surface area contributed by atoms with E-state index in [0.29, 0.717) is 54.5 Å². The lowest BCUT2D eigenvalue weighted by Crippen LogP contribution is -2.47. The summed E-state index contributed by atoms with van der Waals surface area (Å²) in [6, 6.07) is 5.56. The van der Waals surface area contributed by atoms with Gasteiger partial charge in [0.25, 0.3) is 0 Å². The third-order valence-corrected chi connectivity index (χ3v) is 7.04. The highest BCUT2D eigenvalue weighted by molar-refractivity contribution is 6.32. The molecular weight excluding hydrogens is 483 g/mol. The molecule has 1 aromatic carbocycles. The lowest BCUT2D eigenvalue weighted by Gasteiger charge is -2.32. The zero-order chi connectivity index (χ0) is 24.7. The largest absolute Gasteiger partial charge is 0.417 e. The number of pyridine rings is 1. The van der Waals surface area contributed by atoms with E-state index in [1.54, 1.807) is 15.5 Å². The third kappa shape index (κ3) is 4.62. The molecule has 3 aromatic rings. The van der Waals surface area contributed by atoms with E-state index in [1.165, 1.54) is 6.07 Å². The number of benzene rings is 1.